The van der Waals surface area contributed by atoms with Crippen molar-refractivity contribution >= 4 is 0 Å². The quantitative estimate of drug-likeness (QED) is 0.667. The Morgan fingerprint density at radius 1 is 1.12 bits per heavy atom. The zero-order chi connectivity index (χ0) is 17.4. The van der Waals surface area contributed by atoms with Gasteiger partial charge < -0.3 is 10.1 Å². The van der Waals surface area contributed by atoms with E-state index in [1.54, 1.807) is 0 Å². The van der Waals surface area contributed by atoms with Crippen LogP contribution in [-0.2, 0) is 11.3 Å². The van der Waals surface area contributed by atoms with E-state index < -0.39 is 0 Å². The van der Waals surface area contributed by atoms with Gasteiger partial charge in [0, 0.05) is 18.6 Å². The number of hydrogen-bond acceptors (Lipinski definition) is 1. The van der Waals surface area contributed by atoms with Crippen molar-refractivity contribution in [1.82, 2.24) is 0 Å². The van der Waals surface area contributed by atoms with Gasteiger partial charge in [-0.1, -0.05) is 64.4 Å². The minimum atomic E-state index is 0.458. The molecular weight excluding hydrogens is 294 g/mol. The molecule has 24 heavy (non-hydrogen) atoms. The van der Waals surface area contributed by atoms with E-state index in [1.807, 2.05) is 0 Å². The predicted molar refractivity (Wildman–Crippen MR) is 102 cm³/mol. The molecule has 0 aromatic heterocycles. The normalized spacial score (nSPS) is 24.7. The van der Waals surface area contributed by atoms with Gasteiger partial charge >= 0.3 is 0 Å². The maximum Gasteiger partial charge on any atom is 0.101 e. The Hall–Kier alpha value is -0.860. The number of rotatable bonds is 9. The highest BCUT2D eigenvalue weighted by Gasteiger charge is 2.37. The summed E-state index contributed by atoms with van der Waals surface area (Å²) >= 11 is 0. The van der Waals surface area contributed by atoms with Crippen LogP contribution in [0.1, 0.15) is 65.4 Å². The highest BCUT2D eigenvalue weighted by atomic mass is 16.5. The molecule has 0 saturated carbocycles. The van der Waals surface area contributed by atoms with E-state index >= 15 is 0 Å². The average Bonchev–Trinajstić information content (AvgIpc) is 2.58. The molecular formula is C22H38NO+. The lowest BCUT2D eigenvalue weighted by Crippen LogP contribution is -2.83. The first-order chi connectivity index (χ1) is 11.5. The van der Waals surface area contributed by atoms with Crippen molar-refractivity contribution in [3.63, 3.8) is 0 Å². The van der Waals surface area contributed by atoms with E-state index in [1.165, 1.54) is 44.2 Å². The van der Waals surface area contributed by atoms with E-state index in [0.29, 0.717) is 17.4 Å². The SMILES string of the molecule is CC(C)CC[C@]1(CC[NH2+]Cc2ccccc2)CCO[C@H](C(C)C)C1. The minimum Gasteiger partial charge on any atom is -0.378 e. The topological polar surface area (TPSA) is 25.8 Å². The fourth-order valence-corrected chi connectivity index (χ4v) is 3.91. The third-order valence-corrected chi connectivity index (χ3v) is 5.70. The van der Waals surface area contributed by atoms with Crippen LogP contribution in [0.15, 0.2) is 30.3 Å². The molecule has 2 N–H and O–H groups in total. The molecule has 1 heterocycles. The lowest BCUT2D eigenvalue weighted by atomic mass is 9.69. The summed E-state index contributed by atoms with van der Waals surface area (Å²) in [4.78, 5) is 0. The second-order valence-electron chi connectivity index (χ2n) is 8.56. The number of quaternary nitrogens is 1. The zero-order valence-electron chi connectivity index (χ0n) is 16.3. The number of ether oxygens (including phenoxy) is 1. The Kier molecular flexibility index (Phi) is 7.77. The molecule has 1 aliphatic heterocycles. The molecule has 0 radical (unpaired) electrons. The second kappa shape index (κ2) is 9.58. The van der Waals surface area contributed by atoms with Crippen LogP contribution in [0.5, 0.6) is 0 Å². The molecule has 2 heteroatoms. The van der Waals surface area contributed by atoms with Gasteiger partial charge in [-0.3, -0.25) is 0 Å². The Bertz CT molecular complexity index is 456. The van der Waals surface area contributed by atoms with E-state index in [0.717, 1.165) is 19.1 Å². The minimum absolute atomic E-state index is 0.458. The van der Waals surface area contributed by atoms with Crippen molar-refractivity contribution in [1.29, 1.82) is 0 Å². The molecule has 136 valence electrons. The molecule has 1 fully saturated rings. The van der Waals surface area contributed by atoms with Gasteiger partial charge in [-0.25, -0.2) is 0 Å². The van der Waals surface area contributed by atoms with Crippen LogP contribution in [0.3, 0.4) is 0 Å². The van der Waals surface area contributed by atoms with Crippen molar-refractivity contribution in [2.75, 3.05) is 13.2 Å². The largest absolute Gasteiger partial charge is 0.378 e. The molecule has 0 spiro atoms. The smallest absolute Gasteiger partial charge is 0.101 e. The monoisotopic (exact) mass is 332 g/mol. The van der Waals surface area contributed by atoms with Crippen molar-refractivity contribution in [3.8, 4) is 0 Å². The van der Waals surface area contributed by atoms with Crippen LogP contribution >= 0.6 is 0 Å². The summed E-state index contributed by atoms with van der Waals surface area (Å²) in [6.07, 6.45) is 7.03. The van der Waals surface area contributed by atoms with Gasteiger partial charge in [0.25, 0.3) is 0 Å². The highest BCUT2D eigenvalue weighted by Crippen LogP contribution is 2.43. The van der Waals surface area contributed by atoms with Crippen molar-refractivity contribution in [2.24, 2.45) is 17.3 Å². The summed E-state index contributed by atoms with van der Waals surface area (Å²) in [6, 6.07) is 10.8. The van der Waals surface area contributed by atoms with E-state index in [4.69, 9.17) is 4.74 Å². The fraction of sp³-hybridized carbons (Fsp3) is 0.727. The Balaban J connectivity index is 1.88. The van der Waals surface area contributed by atoms with E-state index in [-0.39, 0.29) is 0 Å². The van der Waals surface area contributed by atoms with E-state index in [9.17, 15) is 0 Å². The second-order valence-corrected chi connectivity index (χ2v) is 8.56. The molecule has 1 saturated heterocycles. The zero-order valence-corrected chi connectivity index (χ0v) is 16.3. The molecule has 1 aromatic rings. The number of hydrogen-bond donors (Lipinski definition) is 1. The summed E-state index contributed by atoms with van der Waals surface area (Å²) in [5, 5.41) is 2.49. The Morgan fingerprint density at radius 2 is 1.88 bits per heavy atom. The molecule has 2 rings (SSSR count). The van der Waals surface area contributed by atoms with Gasteiger partial charge in [0.1, 0.15) is 6.54 Å². The Labute approximate surface area is 149 Å². The van der Waals surface area contributed by atoms with Crippen LogP contribution in [0, 0.1) is 17.3 Å². The third kappa shape index (κ3) is 6.22. The van der Waals surface area contributed by atoms with Gasteiger partial charge in [-0.2, -0.15) is 0 Å². The van der Waals surface area contributed by atoms with Gasteiger partial charge in [0.05, 0.1) is 12.6 Å². The van der Waals surface area contributed by atoms with Crippen LogP contribution in [0.25, 0.3) is 0 Å². The van der Waals surface area contributed by atoms with Gasteiger partial charge in [0.15, 0.2) is 0 Å². The van der Waals surface area contributed by atoms with Crippen LogP contribution < -0.4 is 5.32 Å². The molecule has 1 aliphatic rings. The first-order valence-electron chi connectivity index (χ1n) is 9.98. The summed E-state index contributed by atoms with van der Waals surface area (Å²) in [5.74, 6) is 1.44. The average molecular weight is 333 g/mol. The maximum atomic E-state index is 6.07. The molecule has 2 atom stereocenters. The van der Waals surface area contributed by atoms with Crippen LogP contribution in [-0.4, -0.2) is 19.3 Å². The molecule has 0 amide bonds. The summed E-state index contributed by atoms with van der Waals surface area (Å²) in [5.41, 5.74) is 1.94. The van der Waals surface area contributed by atoms with Crippen molar-refractivity contribution < 1.29 is 10.1 Å². The van der Waals surface area contributed by atoms with Gasteiger partial charge in [-0.15, -0.1) is 0 Å². The summed E-state index contributed by atoms with van der Waals surface area (Å²) < 4.78 is 6.07. The molecule has 0 unspecified atom stereocenters. The standard InChI is InChI=1S/C22H37NO/c1-18(2)10-11-22(13-15-24-21(16-22)19(3)4)12-14-23-17-20-8-6-5-7-9-20/h5-9,18-19,21,23H,10-17H2,1-4H3/p+1/t21-,22-/m0/s1. The molecule has 1 aromatic carbocycles. The first kappa shape index (κ1) is 19.5. The van der Waals surface area contributed by atoms with Gasteiger partial charge in [-0.05, 0) is 36.5 Å². The van der Waals surface area contributed by atoms with Crippen molar-refractivity contribution in [2.45, 2.75) is 72.4 Å². The fourth-order valence-electron chi connectivity index (χ4n) is 3.91. The lowest BCUT2D eigenvalue weighted by Gasteiger charge is -2.42. The lowest BCUT2D eigenvalue weighted by molar-refractivity contribution is -0.672. The number of benzene rings is 1. The maximum absolute atomic E-state index is 6.07. The molecule has 0 bridgehead atoms. The molecule has 2 nitrogen and oxygen atoms in total. The Morgan fingerprint density at radius 3 is 2.54 bits per heavy atom. The van der Waals surface area contributed by atoms with Crippen LogP contribution in [0.4, 0.5) is 0 Å². The highest BCUT2D eigenvalue weighted by molar-refractivity contribution is 5.12. The van der Waals surface area contributed by atoms with Crippen LogP contribution in [0.2, 0.25) is 0 Å². The first-order valence-corrected chi connectivity index (χ1v) is 9.98. The molecule has 0 aliphatic carbocycles. The van der Waals surface area contributed by atoms with Gasteiger partial charge in [0.2, 0.25) is 0 Å². The van der Waals surface area contributed by atoms with Crippen molar-refractivity contribution in [3.05, 3.63) is 35.9 Å². The summed E-state index contributed by atoms with van der Waals surface area (Å²) in [7, 11) is 0. The van der Waals surface area contributed by atoms with E-state index in [2.05, 4.69) is 63.3 Å². The number of nitrogens with two attached hydrogens (primary N) is 1. The summed E-state index contributed by atoms with van der Waals surface area (Å²) in [6.45, 7) is 12.6. The predicted octanol–water partition coefficient (Wildman–Crippen LogP) is 4.40. The third-order valence-electron chi connectivity index (χ3n) is 5.70.